The highest BCUT2D eigenvalue weighted by Gasteiger charge is 2.32. The molecule has 0 saturated carbocycles. The van der Waals surface area contributed by atoms with Gasteiger partial charge in [0.2, 0.25) is 0 Å². The van der Waals surface area contributed by atoms with Gasteiger partial charge in [-0.05, 0) is 35.4 Å². The molecule has 1 aromatic carbocycles. The fourth-order valence-electron chi connectivity index (χ4n) is 3.36. The molecule has 0 aliphatic heterocycles. The molecule has 0 bridgehead atoms. The molecule has 4 aromatic rings. The molecule has 2 N–H and O–H groups in total. The number of pyridine rings is 1. The minimum Gasteiger partial charge on any atom is -0.478 e. The predicted molar refractivity (Wildman–Crippen MR) is 129 cm³/mol. The van der Waals surface area contributed by atoms with Crippen molar-refractivity contribution in [3.63, 3.8) is 0 Å². The van der Waals surface area contributed by atoms with E-state index in [1.807, 2.05) is 41.8 Å². The average molecular weight is 504 g/mol. The molecule has 0 unspecified atom stereocenters. The highest BCUT2D eigenvalue weighted by molar-refractivity contribution is 7.16. The molecule has 4 rings (SSSR count). The lowest BCUT2D eigenvalue weighted by Gasteiger charge is -2.10. The number of hydrogen-bond acceptors (Lipinski definition) is 6. The van der Waals surface area contributed by atoms with E-state index >= 15 is 0 Å². The van der Waals surface area contributed by atoms with Gasteiger partial charge in [0.1, 0.15) is 11.4 Å². The number of thiophene rings is 1. The van der Waals surface area contributed by atoms with Crippen LogP contribution in [0.25, 0.3) is 21.7 Å². The Balaban J connectivity index is 1.69. The van der Waals surface area contributed by atoms with E-state index in [0.29, 0.717) is 23.3 Å². The topological polar surface area (TPSA) is 75.1 Å². The molecule has 0 radical (unpaired) electrons. The van der Waals surface area contributed by atoms with Crippen molar-refractivity contribution in [2.75, 3.05) is 5.32 Å². The largest absolute Gasteiger partial charge is 0.478 e. The lowest BCUT2D eigenvalue weighted by molar-refractivity contribution is -0.137. The number of carboxylic acids is 1. The van der Waals surface area contributed by atoms with Crippen LogP contribution in [0, 0.1) is 5.92 Å². The molecule has 0 saturated heterocycles. The molecule has 34 heavy (non-hydrogen) atoms. The van der Waals surface area contributed by atoms with E-state index in [1.54, 1.807) is 11.3 Å². The van der Waals surface area contributed by atoms with Gasteiger partial charge >= 0.3 is 12.1 Å². The Morgan fingerprint density at radius 2 is 1.85 bits per heavy atom. The van der Waals surface area contributed by atoms with E-state index in [4.69, 9.17) is 0 Å². The first-order valence-electron chi connectivity index (χ1n) is 10.3. The molecule has 10 heteroatoms. The number of hydrogen-bond donors (Lipinski definition) is 2. The van der Waals surface area contributed by atoms with Crippen LogP contribution in [0.2, 0.25) is 0 Å². The number of rotatable bonds is 7. The van der Waals surface area contributed by atoms with Crippen LogP contribution in [0.15, 0.2) is 54.0 Å². The van der Waals surface area contributed by atoms with Crippen molar-refractivity contribution in [1.29, 1.82) is 0 Å². The molecule has 0 atom stereocenters. The maximum absolute atomic E-state index is 13.0. The average Bonchev–Trinajstić information content (AvgIpc) is 3.43. The van der Waals surface area contributed by atoms with E-state index in [9.17, 15) is 23.1 Å². The van der Waals surface area contributed by atoms with Gasteiger partial charge in [-0.3, -0.25) is 0 Å². The molecule has 3 heterocycles. The Morgan fingerprint density at radius 3 is 2.44 bits per heavy atom. The van der Waals surface area contributed by atoms with E-state index in [-0.39, 0.29) is 5.82 Å². The molecule has 3 aromatic heterocycles. The zero-order valence-corrected chi connectivity index (χ0v) is 19.8. The molecule has 0 aliphatic rings. The number of halogens is 3. The summed E-state index contributed by atoms with van der Waals surface area (Å²) >= 11 is 2.99. The number of anilines is 2. The summed E-state index contributed by atoms with van der Waals surface area (Å²) in [6.07, 6.45) is -3.33. The number of carboxylic acid groups (broad SMARTS) is 1. The van der Waals surface area contributed by atoms with E-state index < -0.39 is 23.3 Å². The van der Waals surface area contributed by atoms with Gasteiger partial charge < -0.3 is 10.4 Å². The van der Waals surface area contributed by atoms with Gasteiger partial charge in [-0.2, -0.15) is 13.2 Å². The van der Waals surface area contributed by atoms with E-state index in [1.165, 1.54) is 11.3 Å². The summed E-state index contributed by atoms with van der Waals surface area (Å²) in [4.78, 5) is 22.1. The number of nitrogens with one attached hydrogen (secondary N) is 1. The number of nitrogens with zero attached hydrogens (tertiary/aromatic N) is 2. The van der Waals surface area contributed by atoms with Crippen LogP contribution in [-0.2, 0) is 12.6 Å². The second kappa shape index (κ2) is 9.55. The molecule has 0 fully saturated rings. The number of aromatic nitrogens is 2. The summed E-state index contributed by atoms with van der Waals surface area (Å²) in [5.74, 6) is -1.36. The Labute approximate surface area is 202 Å². The van der Waals surface area contributed by atoms with Crippen molar-refractivity contribution in [2.24, 2.45) is 5.92 Å². The van der Waals surface area contributed by atoms with E-state index in [0.717, 1.165) is 33.0 Å². The van der Waals surface area contributed by atoms with Gasteiger partial charge in [-0.15, -0.1) is 22.7 Å². The standard InChI is InChI=1S/C24H20F3N3O2S2/c1-13(2)10-19-20(15-7-5-14(6-8-15)18-4-3-9-33-18)29-23(34-19)30-21-17(22(31)32)11-16(12-28-21)24(25,26)27/h3-9,11-13H,10H2,1-2H3,(H,31,32)(H,28,29,30). The fraction of sp³-hybridized carbons (Fsp3) is 0.208. The third kappa shape index (κ3) is 5.28. The van der Waals surface area contributed by atoms with Crippen LogP contribution in [0.5, 0.6) is 0 Å². The van der Waals surface area contributed by atoms with Crippen LogP contribution < -0.4 is 5.32 Å². The smallest absolute Gasteiger partial charge is 0.417 e. The summed E-state index contributed by atoms with van der Waals surface area (Å²) in [6, 6.07) is 12.6. The number of carbonyl (C=O) groups is 1. The number of aromatic carboxylic acids is 1. The molecular weight excluding hydrogens is 483 g/mol. The van der Waals surface area contributed by atoms with Gasteiger partial charge in [-0.1, -0.05) is 44.2 Å². The number of benzene rings is 1. The summed E-state index contributed by atoms with van der Waals surface area (Å²) in [5.41, 5.74) is 1.05. The summed E-state index contributed by atoms with van der Waals surface area (Å²) in [6.45, 7) is 4.16. The summed E-state index contributed by atoms with van der Waals surface area (Å²) < 4.78 is 39.0. The lowest BCUT2D eigenvalue weighted by atomic mass is 10.0. The molecule has 176 valence electrons. The molecule has 0 aliphatic carbocycles. The minimum absolute atomic E-state index is 0.190. The van der Waals surface area contributed by atoms with Gasteiger partial charge in [0.15, 0.2) is 5.13 Å². The highest BCUT2D eigenvalue weighted by atomic mass is 32.1. The molecule has 0 amide bonds. The predicted octanol–water partition coefficient (Wildman–Crippen LogP) is 7.59. The van der Waals surface area contributed by atoms with Crippen molar-refractivity contribution in [3.05, 3.63) is 70.0 Å². The third-order valence-corrected chi connectivity index (χ3v) is 6.84. The zero-order valence-electron chi connectivity index (χ0n) is 18.2. The monoisotopic (exact) mass is 503 g/mol. The van der Waals surface area contributed by atoms with Gasteiger partial charge in [0.05, 0.1) is 11.3 Å². The Bertz CT molecular complexity index is 1300. The number of thiazole rings is 1. The molecule has 0 spiro atoms. The molecule has 5 nitrogen and oxygen atoms in total. The normalized spacial score (nSPS) is 11.7. The number of alkyl halides is 3. The Hall–Kier alpha value is -3.24. The summed E-state index contributed by atoms with van der Waals surface area (Å²) in [7, 11) is 0. The first kappa shape index (κ1) is 23.9. The summed E-state index contributed by atoms with van der Waals surface area (Å²) in [5, 5.41) is 14.6. The fourth-order valence-corrected chi connectivity index (χ4v) is 5.29. The Kier molecular flexibility index (Phi) is 6.72. The van der Waals surface area contributed by atoms with Crippen molar-refractivity contribution in [1.82, 2.24) is 9.97 Å². The third-order valence-electron chi connectivity index (χ3n) is 4.93. The minimum atomic E-state index is -4.69. The van der Waals surface area contributed by atoms with Crippen molar-refractivity contribution in [2.45, 2.75) is 26.4 Å². The van der Waals surface area contributed by atoms with Gasteiger partial charge in [0, 0.05) is 21.5 Å². The van der Waals surface area contributed by atoms with Crippen LogP contribution in [-0.4, -0.2) is 21.0 Å². The van der Waals surface area contributed by atoms with Crippen LogP contribution in [0.1, 0.15) is 34.6 Å². The molecular formula is C24H20F3N3O2S2. The zero-order chi connectivity index (χ0) is 24.5. The maximum atomic E-state index is 13.0. The second-order valence-electron chi connectivity index (χ2n) is 7.99. The first-order valence-corrected chi connectivity index (χ1v) is 12.0. The van der Waals surface area contributed by atoms with Crippen LogP contribution >= 0.6 is 22.7 Å². The van der Waals surface area contributed by atoms with Crippen LogP contribution in [0.3, 0.4) is 0 Å². The SMILES string of the molecule is CC(C)Cc1sc(Nc2ncc(C(F)(F)F)cc2C(=O)O)nc1-c1ccc(-c2cccs2)cc1. The van der Waals surface area contributed by atoms with Crippen molar-refractivity contribution in [3.8, 4) is 21.7 Å². The second-order valence-corrected chi connectivity index (χ2v) is 10.0. The lowest BCUT2D eigenvalue weighted by Crippen LogP contribution is -2.11. The van der Waals surface area contributed by atoms with Crippen LogP contribution in [0.4, 0.5) is 24.1 Å². The van der Waals surface area contributed by atoms with Crippen molar-refractivity contribution < 1.29 is 23.1 Å². The van der Waals surface area contributed by atoms with Crippen molar-refractivity contribution >= 4 is 39.6 Å². The first-order chi connectivity index (χ1) is 16.1. The maximum Gasteiger partial charge on any atom is 0.417 e. The van der Waals surface area contributed by atoms with E-state index in [2.05, 4.69) is 29.1 Å². The quantitative estimate of drug-likeness (QED) is 0.272. The Morgan fingerprint density at radius 1 is 1.15 bits per heavy atom. The highest BCUT2D eigenvalue weighted by Crippen LogP contribution is 2.37. The van der Waals surface area contributed by atoms with Gasteiger partial charge in [-0.25, -0.2) is 14.8 Å². The van der Waals surface area contributed by atoms with Gasteiger partial charge in [0.25, 0.3) is 0 Å².